The average Bonchev–Trinajstić information content (AvgIpc) is 3.02. The first-order chi connectivity index (χ1) is 12.5. The van der Waals surface area contributed by atoms with Crippen molar-refractivity contribution in [3.05, 3.63) is 57.6 Å². The highest BCUT2D eigenvalue weighted by atomic mass is 16.5. The van der Waals surface area contributed by atoms with Crippen molar-refractivity contribution in [2.24, 2.45) is 10.2 Å². The van der Waals surface area contributed by atoms with Crippen LogP contribution in [0.25, 0.3) is 6.20 Å². The highest BCUT2D eigenvalue weighted by molar-refractivity contribution is 5.80. The lowest BCUT2D eigenvalue weighted by atomic mass is 9.79. The molecule has 0 saturated carbocycles. The maximum atomic E-state index is 10.8. The molecule has 1 aliphatic rings. The topological polar surface area (TPSA) is 68.4 Å². The van der Waals surface area contributed by atoms with E-state index in [9.17, 15) is 10.3 Å². The van der Waals surface area contributed by atoms with Crippen molar-refractivity contribution in [2.75, 3.05) is 5.06 Å². The molecule has 5 nitrogen and oxygen atoms in total. The Morgan fingerprint density at radius 2 is 1.56 bits per heavy atom. The molecule has 1 heterocycles. The van der Waals surface area contributed by atoms with Gasteiger partial charge in [-0.3, -0.25) is 5.21 Å². The van der Waals surface area contributed by atoms with Gasteiger partial charge in [-0.15, -0.1) is 5.10 Å². The third-order valence-corrected chi connectivity index (χ3v) is 4.69. The molecule has 0 atom stereocenters. The Morgan fingerprint density at radius 3 is 2.11 bits per heavy atom. The van der Waals surface area contributed by atoms with Gasteiger partial charge in [0.1, 0.15) is 11.1 Å². The van der Waals surface area contributed by atoms with Crippen LogP contribution in [0.15, 0.2) is 40.5 Å². The summed E-state index contributed by atoms with van der Waals surface area (Å²) < 4.78 is 0. The van der Waals surface area contributed by atoms with E-state index >= 15 is 0 Å². The van der Waals surface area contributed by atoms with Gasteiger partial charge in [0, 0.05) is 28.1 Å². The lowest BCUT2D eigenvalue weighted by Gasteiger charge is -2.29. The minimum Gasteiger partial charge on any atom is -0.507 e. The van der Waals surface area contributed by atoms with Gasteiger partial charge in [0.25, 0.3) is 0 Å². The van der Waals surface area contributed by atoms with E-state index in [1.807, 2.05) is 71.9 Å². The summed E-state index contributed by atoms with van der Waals surface area (Å²) in [6, 6.07) is 9.39. The Morgan fingerprint density at radius 1 is 0.963 bits per heavy atom. The number of nitrogens with zero attached hydrogens (tertiary/aromatic N) is 3. The van der Waals surface area contributed by atoms with Crippen molar-refractivity contribution in [1.29, 1.82) is 0 Å². The van der Waals surface area contributed by atoms with E-state index in [0.29, 0.717) is 5.69 Å². The molecule has 2 aromatic rings. The Kier molecular flexibility index (Phi) is 4.60. The van der Waals surface area contributed by atoms with Crippen LogP contribution in [0.2, 0.25) is 0 Å². The smallest absolute Gasteiger partial charge is 0.123 e. The fourth-order valence-electron chi connectivity index (χ4n) is 3.15. The number of hydroxylamine groups is 1. The largest absolute Gasteiger partial charge is 0.507 e. The van der Waals surface area contributed by atoms with Crippen LogP contribution in [0.5, 0.6) is 5.75 Å². The minimum atomic E-state index is -0.266. The molecule has 0 fully saturated rings. The molecule has 3 rings (SSSR count). The highest BCUT2D eigenvalue weighted by Gasteiger charge is 2.27. The first kappa shape index (κ1) is 19.1. The Labute approximate surface area is 160 Å². The van der Waals surface area contributed by atoms with Gasteiger partial charge in [0.2, 0.25) is 0 Å². The van der Waals surface area contributed by atoms with Gasteiger partial charge in [0.05, 0.1) is 11.9 Å². The number of phenols is 1. The fraction of sp³-hybridized carbons (Fsp3) is 0.364. The summed E-state index contributed by atoms with van der Waals surface area (Å²) in [6.07, 6.45) is 3.33. The first-order valence-corrected chi connectivity index (χ1v) is 9.06. The van der Waals surface area contributed by atoms with Crippen molar-refractivity contribution < 1.29 is 10.3 Å². The summed E-state index contributed by atoms with van der Waals surface area (Å²) in [5.74, 6) is 0.288. The van der Waals surface area contributed by atoms with Crippen LogP contribution in [-0.4, -0.2) is 16.5 Å². The number of hydrogen-bond donors (Lipinski definition) is 2. The summed E-state index contributed by atoms with van der Waals surface area (Å²) >= 11 is 0. The van der Waals surface area contributed by atoms with Gasteiger partial charge in [-0.1, -0.05) is 59.7 Å². The van der Waals surface area contributed by atoms with E-state index in [0.717, 1.165) is 32.3 Å². The van der Waals surface area contributed by atoms with Crippen LogP contribution in [0.4, 0.5) is 5.69 Å². The molecule has 2 aromatic carbocycles. The number of phenolic OH excluding ortho intramolecular Hbond substituents is 1. The molecule has 0 saturated heterocycles. The zero-order valence-corrected chi connectivity index (χ0v) is 16.8. The lowest BCUT2D eigenvalue weighted by molar-refractivity contribution is 0.308. The third kappa shape index (κ3) is 3.74. The predicted molar refractivity (Wildman–Crippen MR) is 109 cm³/mol. The molecular formula is C22H27N3O2. The molecule has 0 bridgehead atoms. The first-order valence-electron chi connectivity index (χ1n) is 9.06. The highest BCUT2D eigenvalue weighted by Crippen LogP contribution is 2.41. The van der Waals surface area contributed by atoms with Crippen LogP contribution in [0.3, 0.4) is 0 Å². The van der Waals surface area contributed by atoms with Crippen molar-refractivity contribution in [3.63, 3.8) is 0 Å². The normalized spacial score (nSPS) is 14.3. The molecule has 0 spiro atoms. The average molecular weight is 365 g/mol. The van der Waals surface area contributed by atoms with Crippen molar-refractivity contribution in [3.8, 4) is 5.75 Å². The van der Waals surface area contributed by atoms with E-state index in [2.05, 4.69) is 10.2 Å². The second-order valence-electron chi connectivity index (χ2n) is 8.99. The molecule has 0 unspecified atom stereocenters. The number of benzene rings is 2. The SMILES string of the molecule is CC(C)(C)c1cc(N(O)C=c2cccc3c2=NN=C3)cc(C(C)(C)C)c1O. The molecule has 0 radical (unpaired) electrons. The second kappa shape index (κ2) is 6.50. The maximum Gasteiger partial charge on any atom is 0.123 e. The van der Waals surface area contributed by atoms with E-state index in [-0.39, 0.29) is 16.6 Å². The van der Waals surface area contributed by atoms with E-state index < -0.39 is 0 Å². The maximum absolute atomic E-state index is 10.8. The molecule has 0 aromatic heterocycles. The molecule has 2 N–H and O–H groups in total. The monoisotopic (exact) mass is 365 g/mol. The standard InChI is InChI=1S/C22H27N3O2/c1-21(2,3)17-10-16(11-18(20(17)26)22(4,5)6)25(27)13-15-9-7-8-14-12-23-24-19(14)15/h7-13,26-27H,1-6H3. The Bertz CT molecular complexity index is 990. The molecule has 0 aliphatic carbocycles. The summed E-state index contributed by atoms with van der Waals surface area (Å²) in [6.45, 7) is 12.3. The Hall–Kier alpha value is -2.66. The number of aromatic hydroxyl groups is 1. The van der Waals surface area contributed by atoms with Gasteiger partial charge in [-0.2, -0.15) is 5.10 Å². The summed E-state index contributed by atoms with van der Waals surface area (Å²) in [5.41, 5.74) is 2.58. The third-order valence-electron chi connectivity index (χ3n) is 4.69. The van der Waals surface area contributed by atoms with Crippen molar-refractivity contribution in [1.82, 2.24) is 0 Å². The van der Waals surface area contributed by atoms with E-state index in [1.165, 1.54) is 0 Å². The molecule has 27 heavy (non-hydrogen) atoms. The quantitative estimate of drug-likeness (QED) is 0.799. The number of rotatable bonds is 2. The summed E-state index contributed by atoms with van der Waals surface area (Å²) in [5, 5.41) is 32.3. The van der Waals surface area contributed by atoms with E-state index in [4.69, 9.17) is 0 Å². The number of anilines is 1. The molecule has 5 heteroatoms. The fourth-order valence-corrected chi connectivity index (χ4v) is 3.15. The number of hydrogen-bond acceptors (Lipinski definition) is 5. The molecule has 1 aliphatic heterocycles. The Balaban J connectivity index is 2.18. The predicted octanol–water partition coefficient (Wildman–Crippen LogP) is 3.59. The van der Waals surface area contributed by atoms with E-state index in [1.54, 1.807) is 12.4 Å². The van der Waals surface area contributed by atoms with Crippen LogP contribution in [0, 0.1) is 0 Å². The van der Waals surface area contributed by atoms with Gasteiger partial charge in [-0.25, -0.2) is 5.06 Å². The van der Waals surface area contributed by atoms with Gasteiger partial charge in [-0.05, 0) is 23.0 Å². The molecule has 142 valence electrons. The van der Waals surface area contributed by atoms with Crippen molar-refractivity contribution >= 4 is 18.1 Å². The summed E-state index contributed by atoms with van der Waals surface area (Å²) in [4.78, 5) is 0. The zero-order valence-electron chi connectivity index (χ0n) is 16.8. The minimum absolute atomic E-state index is 0.266. The van der Waals surface area contributed by atoms with Crippen LogP contribution < -0.4 is 15.6 Å². The van der Waals surface area contributed by atoms with Gasteiger partial charge in [0.15, 0.2) is 0 Å². The zero-order chi connectivity index (χ0) is 20.0. The second-order valence-corrected chi connectivity index (χ2v) is 8.99. The van der Waals surface area contributed by atoms with Crippen molar-refractivity contribution in [2.45, 2.75) is 52.4 Å². The number of fused-ring (bicyclic) bond motifs is 1. The van der Waals surface area contributed by atoms with Gasteiger partial charge >= 0.3 is 0 Å². The lowest BCUT2D eigenvalue weighted by Crippen LogP contribution is -2.30. The van der Waals surface area contributed by atoms with Gasteiger partial charge < -0.3 is 5.11 Å². The molecule has 0 amide bonds. The summed E-state index contributed by atoms with van der Waals surface area (Å²) in [7, 11) is 0. The van der Waals surface area contributed by atoms with Crippen LogP contribution in [-0.2, 0) is 10.8 Å². The van der Waals surface area contributed by atoms with Crippen LogP contribution >= 0.6 is 0 Å². The molecular weight excluding hydrogens is 338 g/mol. The van der Waals surface area contributed by atoms with Crippen LogP contribution in [0.1, 0.15) is 58.2 Å².